The predicted octanol–water partition coefficient (Wildman–Crippen LogP) is 4.33. The van der Waals surface area contributed by atoms with Crippen LogP contribution < -0.4 is 4.74 Å². The van der Waals surface area contributed by atoms with E-state index in [9.17, 15) is 0 Å². The van der Waals surface area contributed by atoms with Gasteiger partial charge in [-0.2, -0.15) is 0 Å². The number of para-hydroxylation sites is 1. The Morgan fingerprint density at radius 1 is 1.08 bits per heavy atom. The molecule has 3 aromatic rings. The molecule has 1 aromatic heterocycles. The summed E-state index contributed by atoms with van der Waals surface area (Å²) < 4.78 is 13.5. The Bertz CT molecular complexity index is 870. The lowest BCUT2D eigenvalue weighted by Crippen LogP contribution is -2.23. The fourth-order valence-electron chi connectivity index (χ4n) is 3.50. The van der Waals surface area contributed by atoms with Gasteiger partial charge in [-0.3, -0.25) is 4.90 Å². The number of ether oxygens (including phenoxy) is 2. The zero-order chi connectivity index (χ0) is 17.9. The Balaban J connectivity index is 1.52. The Morgan fingerprint density at radius 3 is 2.65 bits per heavy atom. The topological polar surface area (TPSA) is 26.6 Å². The number of nitrogens with zero attached hydrogens (tertiary/aromatic N) is 2. The molecule has 1 aliphatic rings. The van der Waals surface area contributed by atoms with Crippen LogP contribution in [0.5, 0.6) is 5.75 Å². The molecule has 1 fully saturated rings. The van der Waals surface area contributed by atoms with Crippen molar-refractivity contribution in [3.63, 3.8) is 0 Å². The van der Waals surface area contributed by atoms with Gasteiger partial charge in [0.15, 0.2) is 0 Å². The summed E-state index contributed by atoms with van der Waals surface area (Å²) in [7, 11) is 1.69. The van der Waals surface area contributed by atoms with E-state index in [0.717, 1.165) is 25.4 Å². The fourth-order valence-corrected chi connectivity index (χ4v) is 3.50. The molecule has 2 heterocycles. The van der Waals surface area contributed by atoms with Crippen LogP contribution in [-0.2, 0) is 11.3 Å². The molecule has 1 unspecified atom stereocenters. The number of aromatic nitrogens is 1. The van der Waals surface area contributed by atoms with Crippen LogP contribution >= 0.6 is 0 Å². The van der Waals surface area contributed by atoms with Crippen molar-refractivity contribution in [2.75, 3.05) is 20.3 Å². The molecule has 0 spiro atoms. The predicted molar refractivity (Wildman–Crippen MR) is 103 cm³/mol. The first-order valence-corrected chi connectivity index (χ1v) is 8.97. The van der Waals surface area contributed by atoms with Crippen molar-refractivity contribution < 1.29 is 9.47 Å². The summed E-state index contributed by atoms with van der Waals surface area (Å²) in [4.78, 5) is 2.37. The second-order valence-electron chi connectivity index (χ2n) is 6.68. The maximum atomic E-state index is 6.04. The van der Waals surface area contributed by atoms with Crippen LogP contribution in [0.1, 0.15) is 22.9 Å². The van der Waals surface area contributed by atoms with Gasteiger partial charge in [0.05, 0.1) is 13.7 Å². The Kier molecular flexibility index (Phi) is 4.78. The van der Waals surface area contributed by atoms with Gasteiger partial charge in [-0.05, 0) is 42.3 Å². The van der Waals surface area contributed by atoms with Gasteiger partial charge in [-0.25, -0.2) is 0 Å². The van der Waals surface area contributed by atoms with Crippen LogP contribution in [0, 0.1) is 6.92 Å². The van der Waals surface area contributed by atoms with E-state index in [4.69, 9.17) is 9.47 Å². The molecule has 1 atom stereocenters. The minimum absolute atomic E-state index is 0.00219. The molecule has 2 aromatic carbocycles. The SMILES string of the molecule is COc1ccc(CN2CCOC2c2ccn(-c3ccccc3C)c2)cc1. The Hall–Kier alpha value is -2.56. The molecular formula is C22H24N2O2. The Labute approximate surface area is 154 Å². The van der Waals surface area contributed by atoms with Crippen molar-refractivity contribution in [3.8, 4) is 11.4 Å². The van der Waals surface area contributed by atoms with Crippen molar-refractivity contribution in [2.24, 2.45) is 0 Å². The molecule has 1 saturated heterocycles. The molecule has 0 amide bonds. The van der Waals surface area contributed by atoms with E-state index in [-0.39, 0.29) is 6.23 Å². The fraction of sp³-hybridized carbons (Fsp3) is 0.273. The zero-order valence-corrected chi connectivity index (χ0v) is 15.3. The number of methoxy groups -OCH3 is 1. The summed E-state index contributed by atoms with van der Waals surface area (Å²) >= 11 is 0. The number of aryl methyl sites for hydroxylation is 1. The lowest BCUT2D eigenvalue weighted by atomic mass is 10.2. The van der Waals surface area contributed by atoms with Crippen molar-refractivity contribution in [2.45, 2.75) is 19.7 Å². The first-order valence-electron chi connectivity index (χ1n) is 8.97. The molecule has 4 heteroatoms. The maximum Gasteiger partial charge on any atom is 0.138 e. The van der Waals surface area contributed by atoms with Crippen molar-refractivity contribution in [1.82, 2.24) is 9.47 Å². The monoisotopic (exact) mass is 348 g/mol. The minimum atomic E-state index is 0.00219. The highest BCUT2D eigenvalue weighted by molar-refractivity contribution is 5.41. The second-order valence-corrected chi connectivity index (χ2v) is 6.68. The highest BCUT2D eigenvalue weighted by Gasteiger charge is 2.27. The second kappa shape index (κ2) is 7.36. The third-order valence-corrected chi connectivity index (χ3v) is 4.93. The summed E-state index contributed by atoms with van der Waals surface area (Å²) in [6.07, 6.45) is 4.30. The van der Waals surface area contributed by atoms with Crippen molar-refractivity contribution in [1.29, 1.82) is 0 Å². The van der Waals surface area contributed by atoms with Gasteiger partial charge >= 0.3 is 0 Å². The van der Waals surface area contributed by atoms with Gasteiger partial charge in [0, 0.05) is 36.7 Å². The van der Waals surface area contributed by atoms with E-state index in [0.29, 0.717) is 0 Å². The third-order valence-electron chi connectivity index (χ3n) is 4.93. The van der Waals surface area contributed by atoms with Gasteiger partial charge in [0.2, 0.25) is 0 Å². The molecule has 0 radical (unpaired) electrons. The number of benzene rings is 2. The van der Waals surface area contributed by atoms with Crippen molar-refractivity contribution in [3.05, 3.63) is 83.7 Å². The number of hydrogen-bond donors (Lipinski definition) is 0. The molecule has 134 valence electrons. The zero-order valence-electron chi connectivity index (χ0n) is 15.3. The standard InChI is InChI=1S/C22H24N2O2/c1-17-5-3-4-6-21(17)23-12-11-19(16-23)22-24(13-14-26-22)15-18-7-9-20(25-2)10-8-18/h3-12,16,22H,13-15H2,1-2H3. The first-order chi connectivity index (χ1) is 12.7. The highest BCUT2D eigenvalue weighted by Crippen LogP contribution is 2.30. The van der Waals surface area contributed by atoms with E-state index in [1.54, 1.807) is 7.11 Å². The minimum Gasteiger partial charge on any atom is -0.497 e. The maximum absolute atomic E-state index is 6.04. The van der Waals surface area contributed by atoms with E-state index >= 15 is 0 Å². The number of rotatable bonds is 5. The normalized spacial score (nSPS) is 17.5. The molecule has 1 aliphatic heterocycles. The summed E-state index contributed by atoms with van der Waals surface area (Å²) in [6, 6.07) is 18.8. The van der Waals surface area contributed by atoms with Crippen LogP contribution in [0.15, 0.2) is 67.0 Å². The third kappa shape index (κ3) is 3.39. The van der Waals surface area contributed by atoms with Gasteiger partial charge in [-0.1, -0.05) is 30.3 Å². The summed E-state index contributed by atoms with van der Waals surface area (Å²) in [5, 5.41) is 0. The molecule has 0 bridgehead atoms. The van der Waals surface area contributed by atoms with Crippen LogP contribution in [0.2, 0.25) is 0 Å². The smallest absolute Gasteiger partial charge is 0.138 e. The average Bonchev–Trinajstić information content (AvgIpc) is 3.32. The molecule has 4 rings (SSSR count). The Morgan fingerprint density at radius 2 is 1.88 bits per heavy atom. The van der Waals surface area contributed by atoms with Crippen LogP contribution in [0.3, 0.4) is 0 Å². The molecule has 0 aliphatic carbocycles. The van der Waals surface area contributed by atoms with Crippen LogP contribution in [-0.4, -0.2) is 29.7 Å². The molecule has 4 nitrogen and oxygen atoms in total. The van der Waals surface area contributed by atoms with Crippen LogP contribution in [0.4, 0.5) is 0 Å². The van der Waals surface area contributed by atoms with E-state index in [1.165, 1.54) is 22.4 Å². The van der Waals surface area contributed by atoms with Crippen molar-refractivity contribution >= 4 is 0 Å². The average molecular weight is 348 g/mol. The summed E-state index contributed by atoms with van der Waals surface area (Å²) in [5.74, 6) is 0.887. The number of hydrogen-bond acceptors (Lipinski definition) is 3. The lowest BCUT2D eigenvalue weighted by Gasteiger charge is -2.22. The van der Waals surface area contributed by atoms with Gasteiger partial charge in [0.1, 0.15) is 12.0 Å². The quantitative estimate of drug-likeness (QED) is 0.687. The first kappa shape index (κ1) is 16.9. The largest absolute Gasteiger partial charge is 0.497 e. The molecule has 0 saturated carbocycles. The lowest BCUT2D eigenvalue weighted by molar-refractivity contribution is 0.0288. The van der Waals surface area contributed by atoms with E-state index < -0.39 is 0 Å². The molecular weight excluding hydrogens is 324 g/mol. The van der Waals surface area contributed by atoms with Crippen LogP contribution in [0.25, 0.3) is 5.69 Å². The van der Waals surface area contributed by atoms with E-state index in [2.05, 4.69) is 71.2 Å². The summed E-state index contributed by atoms with van der Waals surface area (Å²) in [5.41, 5.74) is 4.93. The van der Waals surface area contributed by atoms with Gasteiger partial charge in [0.25, 0.3) is 0 Å². The van der Waals surface area contributed by atoms with E-state index in [1.807, 2.05) is 12.1 Å². The van der Waals surface area contributed by atoms with Gasteiger partial charge in [-0.15, -0.1) is 0 Å². The molecule has 0 N–H and O–H groups in total. The van der Waals surface area contributed by atoms with Gasteiger partial charge < -0.3 is 14.0 Å². The molecule has 26 heavy (non-hydrogen) atoms. The highest BCUT2D eigenvalue weighted by atomic mass is 16.5. The summed E-state index contributed by atoms with van der Waals surface area (Å²) in [6.45, 7) is 4.70.